The van der Waals surface area contributed by atoms with Gasteiger partial charge in [0.25, 0.3) is 0 Å². The lowest BCUT2D eigenvalue weighted by molar-refractivity contribution is 0.289. The van der Waals surface area contributed by atoms with Crippen LogP contribution in [0.2, 0.25) is 0 Å². The van der Waals surface area contributed by atoms with E-state index in [0.717, 1.165) is 36.9 Å². The molecular formula is C15H21ClN2O2S. The summed E-state index contributed by atoms with van der Waals surface area (Å²) in [4.78, 5) is 0. The molecule has 0 bridgehead atoms. The van der Waals surface area contributed by atoms with Crippen LogP contribution in [-0.4, -0.2) is 38.2 Å². The highest BCUT2D eigenvalue weighted by molar-refractivity contribution is 7.90. The summed E-state index contributed by atoms with van der Waals surface area (Å²) in [5.41, 5.74) is 1.98. The summed E-state index contributed by atoms with van der Waals surface area (Å²) in [6.45, 7) is 1.74. The zero-order valence-corrected chi connectivity index (χ0v) is 13.6. The number of halogens is 1. The van der Waals surface area contributed by atoms with Crippen LogP contribution < -0.4 is 4.31 Å². The highest BCUT2D eigenvalue weighted by atomic mass is 35.5. The van der Waals surface area contributed by atoms with Crippen LogP contribution in [0.4, 0.5) is 5.69 Å². The fraction of sp³-hybridized carbons (Fsp3) is 0.600. The third kappa shape index (κ3) is 2.91. The smallest absolute Gasteiger partial charge is 0.257 e. The van der Waals surface area contributed by atoms with E-state index in [2.05, 4.69) is 0 Å². The summed E-state index contributed by atoms with van der Waals surface area (Å²) in [6.07, 6.45) is 3.56. The fourth-order valence-electron chi connectivity index (χ4n) is 3.17. The van der Waals surface area contributed by atoms with Crippen molar-refractivity contribution in [3.8, 4) is 0 Å². The van der Waals surface area contributed by atoms with Gasteiger partial charge in [-0.3, -0.25) is 4.31 Å². The lowest BCUT2D eigenvalue weighted by atomic mass is 10.0. The van der Waals surface area contributed by atoms with Gasteiger partial charge >= 0.3 is 10.2 Å². The Morgan fingerprint density at radius 1 is 1.14 bits per heavy atom. The zero-order chi connectivity index (χ0) is 14.9. The predicted molar refractivity (Wildman–Crippen MR) is 86.0 cm³/mol. The van der Waals surface area contributed by atoms with Crippen molar-refractivity contribution in [1.82, 2.24) is 4.31 Å². The van der Waals surface area contributed by atoms with Crippen molar-refractivity contribution < 1.29 is 8.42 Å². The second-order valence-electron chi connectivity index (χ2n) is 5.81. The van der Waals surface area contributed by atoms with E-state index in [-0.39, 0.29) is 0 Å². The van der Waals surface area contributed by atoms with E-state index in [0.29, 0.717) is 31.4 Å². The van der Waals surface area contributed by atoms with Crippen LogP contribution >= 0.6 is 11.6 Å². The molecule has 0 saturated carbocycles. The minimum absolute atomic E-state index is 0.451. The Bertz CT molecular complexity index is 597. The maximum atomic E-state index is 12.9. The number of anilines is 1. The van der Waals surface area contributed by atoms with Gasteiger partial charge in [-0.25, -0.2) is 0 Å². The van der Waals surface area contributed by atoms with Crippen molar-refractivity contribution in [2.45, 2.75) is 25.7 Å². The molecular weight excluding hydrogens is 308 g/mol. The molecule has 21 heavy (non-hydrogen) atoms. The van der Waals surface area contributed by atoms with E-state index in [1.165, 1.54) is 0 Å². The Morgan fingerprint density at radius 2 is 1.86 bits per heavy atom. The summed E-state index contributed by atoms with van der Waals surface area (Å²) in [7, 11) is -3.41. The number of hydrogen-bond donors (Lipinski definition) is 0. The van der Waals surface area contributed by atoms with Crippen molar-refractivity contribution in [3.05, 3.63) is 29.8 Å². The predicted octanol–water partition coefficient (Wildman–Crippen LogP) is 2.63. The standard InChI is InChI=1S/C15H21ClN2O2S/c16-12-13-7-10-17(11-8-13)21(19,20)18-9-3-5-14-4-1-2-6-15(14)18/h1-2,4,6,13H,3,5,7-12H2. The lowest BCUT2D eigenvalue weighted by Crippen LogP contribution is -2.49. The number of hydrogen-bond acceptors (Lipinski definition) is 2. The normalized spacial score (nSPS) is 21.3. The molecule has 4 nitrogen and oxygen atoms in total. The van der Waals surface area contributed by atoms with E-state index in [1.807, 2.05) is 24.3 Å². The van der Waals surface area contributed by atoms with Gasteiger partial charge in [0.15, 0.2) is 0 Å². The number of nitrogens with zero attached hydrogens (tertiary/aromatic N) is 2. The average molecular weight is 329 g/mol. The van der Waals surface area contributed by atoms with E-state index in [1.54, 1.807) is 8.61 Å². The Kier molecular flexibility index (Phi) is 4.43. The molecule has 0 atom stereocenters. The van der Waals surface area contributed by atoms with E-state index < -0.39 is 10.2 Å². The van der Waals surface area contributed by atoms with Crippen LogP contribution in [0.15, 0.2) is 24.3 Å². The number of fused-ring (bicyclic) bond motifs is 1. The molecule has 3 rings (SSSR count). The molecule has 1 aromatic rings. The van der Waals surface area contributed by atoms with Crippen molar-refractivity contribution in [3.63, 3.8) is 0 Å². The SMILES string of the molecule is O=S(=O)(N1CCC(CCl)CC1)N1CCCc2ccccc21. The Labute approximate surface area is 131 Å². The minimum Gasteiger partial charge on any atom is -0.257 e. The molecule has 1 fully saturated rings. The van der Waals surface area contributed by atoms with Crippen LogP contribution in [0.3, 0.4) is 0 Å². The molecule has 116 valence electrons. The van der Waals surface area contributed by atoms with Crippen molar-refractivity contribution in [1.29, 1.82) is 0 Å². The summed E-state index contributed by atoms with van der Waals surface area (Å²) in [6, 6.07) is 7.82. The Hall–Kier alpha value is -0.780. The largest absolute Gasteiger partial charge is 0.304 e. The highest BCUT2D eigenvalue weighted by Crippen LogP contribution is 2.31. The second-order valence-corrected chi connectivity index (χ2v) is 7.97. The number of benzene rings is 1. The van der Waals surface area contributed by atoms with Gasteiger partial charge < -0.3 is 0 Å². The molecule has 0 unspecified atom stereocenters. The van der Waals surface area contributed by atoms with E-state index >= 15 is 0 Å². The molecule has 0 amide bonds. The number of rotatable bonds is 3. The maximum absolute atomic E-state index is 12.9. The molecule has 0 radical (unpaired) electrons. The Balaban J connectivity index is 1.83. The molecule has 2 aliphatic heterocycles. The maximum Gasteiger partial charge on any atom is 0.304 e. The monoisotopic (exact) mass is 328 g/mol. The van der Waals surface area contributed by atoms with Crippen molar-refractivity contribution >= 4 is 27.5 Å². The fourth-order valence-corrected chi connectivity index (χ4v) is 5.22. The summed E-state index contributed by atoms with van der Waals surface area (Å²) >= 11 is 5.88. The van der Waals surface area contributed by atoms with Crippen molar-refractivity contribution in [2.75, 3.05) is 29.8 Å². The van der Waals surface area contributed by atoms with Gasteiger partial charge in [-0.2, -0.15) is 12.7 Å². The number of piperidine rings is 1. The summed E-state index contributed by atoms with van der Waals surface area (Å²) < 4.78 is 29.0. The third-order valence-corrected chi connectivity index (χ3v) is 6.85. The van der Waals surface area contributed by atoms with Gasteiger partial charge in [-0.15, -0.1) is 11.6 Å². The molecule has 0 aliphatic carbocycles. The van der Waals surface area contributed by atoms with Gasteiger partial charge in [0, 0.05) is 25.5 Å². The van der Waals surface area contributed by atoms with Crippen LogP contribution in [-0.2, 0) is 16.6 Å². The summed E-state index contributed by atoms with van der Waals surface area (Å²) in [5, 5.41) is 0. The van der Waals surface area contributed by atoms with Gasteiger partial charge in [-0.05, 0) is 43.2 Å². The van der Waals surface area contributed by atoms with Crippen molar-refractivity contribution in [2.24, 2.45) is 5.92 Å². The zero-order valence-electron chi connectivity index (χ0n) is 12.0. The van der Waals surface area contributed by atoms with E-state index in [4.69, 9.17) is 11.6 Å². The average Bonchev–Trinajstić information content (AvgIpc) is 2.54. The first-order chi connectivity index (χ1) is 10.1. The molecule has 2 aliphatic rings. The molecule has 2 heterocycles. The van der Waals surface area contributed by atoms with Gasteiger partial charge in [0.2, 0.25) is 0 Å². The second kappa shape index (κ2) is 6.15. The highest BCUT2D eigenvalue weighted by Gasteiger charge is 2.34. The van der Waals surface area contributed by atoms with Crippen LogP contribution in [0, 0.1) is 5.92 Å². The van der Waals surface area contributed by atoms with Gasteiger partial charge in [0.05, 0.1) is 5.69 Å². The first-order valence-corrected chi connectivity index (χ1v) is 9.48. The van der Waals surface area contributed by atoms with Gasteiger partial charge in [-0.1, -0.05) is 18.2 Å². The number of para-hydroxylation sites is 1. The van der Waals surface area contributed by atoms with Crippen LogP contribution in [0.25, 0.3) is 0 Å². The van der Waals surface area contributed by atoms with E-state index in [9.17, 15) is 8.42 Å². The quantitative estimate of drug-likeness (QED) is 0.800. The molecule has 1 aromatic carbocycles. The summed E-state index contributed by atoms with van der Waals surface area (Å²) in [5.74, 6) is 1.08. The Morgan fingerprint density at radius 3 is 2.57 bits per heavy atom. The minimum atomic E-state index is -3.41. The lowest BCUT2D eigenvalue weighted by Gasteiger charge is -2.37. The number of alkyl halides is 1. The molecule has 0 aromatic heterocycles. The van der Waals surface area contributed by atoms with Crippen LogP contribution in [0.5, 0.6) is 0 Å². The molecule has 6 heteroatoms. The number of aryl methyl sites for hydroxylation is 1. The molecule has 0 N–H and O–H groups in total. The topological polar surface area (TPSA) is 40.6 Å². The van der Waals surface area contributed by atoms with Gasteiger partial charge in [0.1, 0.15) is 0 Å². The third-order valence-electron chi connectivity index (χ3n) is 4.46. The molecule has 1 saturated heterocycles. The first-order valence-electron chi connectivity index (χ1n) is 7.54. The first kappa shape index (κ1) is 15.1. The van der Waals surface area contributed by atoms with Crippen LogP contribution in [0.1, 0.15) is 24.8 Å². The molecule has 0 spiro atoms.